The minimum atomic E-state index is 0.616. The van der Waals surface area contributed by atoms with Crippen LogP contribution in [0.2, 0.25) is 0 Å². The maximum atomic E-state index is 5.10. The molecule has 1 saturated carbocycles. The van der Waals surface area contributed by atoms with Gasteiger partial charge in [0.2, 0.25) is 5.89 Å². The third-order valence-corrected chi connectivity index (χ3v) is 3.05. The van der Waals surface area contributed by atoms with Crippen LogP contribution in [0.25, 0.3) is 0 Å². The summed E-state index contributed by atoms with van der Waals surface area (Å²) in [4.78, 5) is 8.66. The van der Waals surface area contributed by atoms with Gasteiger partial charge in [0.15, 0.2) is 5.82 Å². The lowest BCUT2D eigenvalue weighted by molar-refractivity contribution is 0.375. The van der Waals surface area contributed by atoms with Crippen molar-refractivity contribution in [3.05, 3.63) is 29.9 Å². The molecule has 96 valence electrons. The fourth-order valence-corrected chi connectivity index (χ4v) is 1.82. The molecule has 1 fully saturated rings. The molecule has 0 aliphatic heterocycles. The molecule has 1 N–H and O–H groups in total. The summed E-state index contributed by atoms with van der Waals surface area (Å²) in [5.74, 6) is 2.41. The molecule has 2 heterocycles. The minimum absolute atomic E-state index is 0.616. The third-order valence-electron chi connectivity index (χ3n) is 3.05. The predicted octanol–water partition coefficient (Wildman–Crippen LogP) is 1.13. The molecule has 6 heteroatoms. The van der Waals surface area contributed by atoms with Gasteiger partial charge in [0.05, 0.1) is 13.1 Å². The zero-order valence-corrected chi connectivity index (χ0v) is 10.5. The van der Waals surface area contributed by atoms with Gasteiger partial charge < -0.3 is 14.4 Å². The van der Waals surface area contributed by atoms with Gasteiger partial charge in [-0.2, -0.15) is 4.98 Å². The zero-order chi connectivity index (χ0) is 12.4. The summed E-state index contributed by atoms with van der Waals surface area (Å²) in [6.45, 7) is 3.42. The van der Waals surface area contributed by atoms with Crippen LogP contribution < -0.4 is 5.32 Å². The summed E-state index contributed by atoms with van der Waals surface area (Å²) >= 11 is 0. The van der Waals surface area contributed by atoms with Crippen molar-refractivity contribution < 1.29 is 4.52 Å². The molecule has 0 bridgehead atoms. The SMILES string of the molecule is CCc1nc(Cn2ccnc2CNC2CC2)no1. The van der Waals surface area contributed by atoms with E-state index in [0.717, 1.165) is 18.8 Å². The summed E-state index contributed by atoms with van der Waals surface area (Å²) in [5.41, 5.74) is 0. The van der Waals surface area contributed by atoms with Gasteiger partial charge in [-0.25, -0.2) is 4.98 Å². The van der Waals surface area contributed by atoms with Crippen molar-refractivity contribution in [2.45, 2.75) is 45.3 Å². The first-order valence-electron chi connectivity index (χ1n) is 6.40. The van der Waals surface area contributed by atoms with Gasteiger partial charge in [-0.1, -0.05) is 12.1 Å². The molecule has 18 heavy (non-hydrogen) atoms. The second-order valence-corrected chi connectivity index (χ2v) is 4.58. The van der Waals surface area contributed by atoms with Crippen molar-refractivity contribution in [3.63, 3.8) is 0 Å². The lowest BCUT2D eigenvalue weighted by Crippen LogP contribution is -2.19. The number of rotatable bonds is 6. The van der Waals surface area contributed by atoms with Crippen molar-refractivity contribution in [1.29, 1.82) is 0 Å². The molecule has 0 aromatic carbocycles. The van der Waals surface area contributed by atoms with Crippen LogP contribution in [0.3, 0.4) is 0 Å². The van der Waals surface area contributed by atoms with E-state index in [9.17, 15) is 0 Å². The Labute approximate surface area is 105 Å². The first-order valence-corrected chi connectivity index (χ1v) is 6.40. The van der Waals surface area contributed by atoms with E-state index in [-0.39, 0.29) is 0 Å². The van der Waals surface area contributed by atoms with Crippen LogP contribution >= 0.6 is 0 Å². The van der Waals surface area contributed by atoms with Gasteiger partial charge in [-0.15, -0.1) is 0 Å². The Hall–Kier alpha value is -1.69. The van der Waals surface area contributed by atoms with Crippen LogP contribution in [-0.2, 0) is 19.5 Å². The summed E-state index contributed by atoms with van der Waals surface area (Å²) < 4.78 is 7.16. The highest BCUT2D eigenvalue weighted by atomic mass is 16.5. The van der Waals surface area contributed by atoms with E-state index < -0.39 is 0 Å². The van der Waals surface area contributed by atoms with Crippen LogP contribution in [0.1, 0.15) is 37.3 Å². The molecule has 0 spiro atoms. The number of aryl methyl sites for hydroxylation is 1. The highest BCUT2D eigenvalue weighted by Crippen LogP contribution is 2.19. The molecule has 6 nitrogen and oxygen atoms in total. The largest absolute Gasteiger partial charge is 0.339 e. The smallest absolute Gasteiger partial charge is 0.226 e. The Kier molecular flexibility index (Phi) is 3.10. The molecule has 0 radical (unpaired) electrons. The van der Waals surface area contributed by atoms with E-state index in [1.165, 1.54) is 12.8 Å². The van der Waals surface area contributed by atoms with Gasteiger partial charge in [0.25, 0.3) is 0 Å². The molecule has 0 unspecified atom stereocenters. The maximum absolute atomic E-state index is 5.10. The normalized spacial score (nSPS) is 15.2. The fraction of sp³-hybridized carbons (Fsp3) is 0.583. The summed E-state index contributed by atoms with van der Waals surface area (Å²) in [6, 6.07) is 0.687. The Bertz CT molecular complexity index is 514. The van der Waals surface area contributed by atoms with Crippen molar-refractivity contribution in [2.75, 3.05) is 0 Å². The summed E-state index contributed by atoms with van der Waals surface area (Å²) in [5, 5.41) is 7.41. The van der Waals surface area contributed by atoms with Crippen molar-refractivity contribution in [3.8, 4) is 0 Å². The van der Waals surface area contributed by atoms with Gasteiger partial charge in [0.1, 0.15) is 5.82 Å². The number of nitrogens with one attached hydrogen (secondary N) is 1. The van der Waals surface area contributed by atoms with Gasteiger partial charge in [0, 0.05) is 24.9 Å². The molecule has 2 aromatic heterocycles. The van der Waals surface area contributed by atoms with E-state index in [0.29, 0.717) is 24.3 Å². The second-order valence-electron chi connectivity index (χ2n) is 4.58. The topological polar surface area (TPSA) is 68.8 Å². The Morgan fingerprint density at radius 3 is 3.11 bits per heavy atom. The Morgan fingerprint density at radius 1 is 1.50 bits per heavy atom. The fourth-order valence-electron chi connectivity index (χ4n) is 1.82. The van der Waals surface area contributed by atoms with Crippen LogP contribution in [0.5, 0.6) is 0 Å². The monoisotopic (exact) mass is 247 g/mol. The van der Waals surface area contributed by atoms with Gasteiger partial charge in [-0.05, 0) is 12.8 Å². The van der Waals surface area contributed by atoms with Crippen molar-refractivity contribution in [2.24, 2.45) is 0 Å². The summed E-state index contributed by atoms with van der Waals surface area (Å²) in [6.07, 6.45) is 7.10. The maximum Gasteiger partial charge on any atom is 0.226 e. The molecule has 3 rings (SSSR count). The minimum Gasteiger partial charge on any atom is -0.339 e. The molecule has 0 amide bonds. The van der Waals surface area contributed by atoms with Crippen molar-refractivity contribution in [1.82, 2.24) is 25.0 Å². The van der Waals surface area contributed by atoms with Crippen LogP contribution in [0.15, 0.2) is 16.9 Å². The number of nitrogens with zero attached hydrogens (tertiary/aromatic N) is 4. The average molecular weight is 247 g/mol. The molecule has 1 aliphatic carbocycles. The van der Waals surface area contributed by atoms with E-state index in [2.05, 4.69) is 25.0 Å². The quantitative estimate of drug-likeness (QED) is 0.828. The zero-order valence-electron chi connectivity index (χ0n) is 10.5. The van der Waals surface area contributed by atoms with E-state index in [1.807, 2.05) is 19.3 Å². The lowest BCUT2D eigenvalue weighted by Gasteiger charge is -2.05. The first kappa shape index (κ1) is 11.4. The molecular formula is C12H17N5O. The molecular weight excluding hydrogens is 230 g/mol. The average Bonchev–Trinajstić information content (AvgIpc) is 2.93. The lowest BCUT2D eigenvalue weighted by atomic mass is 10.5. The predicted molar refractivity (Wildman–Crippen MR) is 64.9 cm³/mol. The van der Waals surface area contributed by atoms with Crippen LogP contribution in [-0.4, -0.2) is 25.7 Å². The molecule has 0 atom stereocenters. The van der Waals surface area contributed by atoms with E-state index >= 15 is 0 Å². The molecule has 0 saturated heterocycles. The van der Waals surface area contributed by atoms with Gasteiger partial charge in [-0.3, -0.25) is 0 Å². The van der Waals surface area contributed by atoms with Crippen molar-refractivity contribution >= 4 is 0 Å². The third kappa shape index (κ3) is 2.59. The Morgan fingerprint density at radius 2 is 2.39 bits per heavy atom. The van der Waals surface area contributed by atoms with Crippen LogP contribution in [0, 0.1) is 0 Å². The highest BCUT2D eigenvalue weighted by molar-refractivity contribution is 4.98. The van der Waals surface area contributed by atoms with E-state index in [4.69, 9.17) is 4.52 Å². The first-order chi connectivity index (χ1) is 8.85. The summed E-state index contributed by atoms with van der Waals surface area (Å²) in [7, 11) is 0. The highest BCUT2D eigenvalue weighted by Gasteiger charge is 2.20. The van der Waals surface area contributed by atoms with E-state index in [1.54, 1.807) is 0 Å². The number of aromatic nitrogens is 4. The number of imidazole rings is 1. The number of hydrogen-bond donors (Lipinski definition) is 1. The second kappa shape index (κ2) is 4.89. The van der Waals surface area contributed by atoms with Gasteiger partial charge >= 0.3 is 0 Å². The Balaban J connectivity index is 1.65. The number of hydrogen-bond acceptors (Lipinski definition) is 5. The molecule has 2 aromatic rings. The standard InChI is InChI=1S/C12H17N5O/c1-2-12-15-10(16-18-12)8-17-6-5-13-11(17)7-14-9-3-4-9/h5-6,9,14H,2-4,7-8H2,1H3. The van der Waals surface area contributed by atoms with Crippen LogP contribution in [0.4, 0.5) is 0 Å². The molecule has 1 aliphatic rings.